The number of benzene rings is 1. The number of carbonyl (C=O) groups excluding carboxylic acids is 2. The van der Waals surface area contributed by atoms with E-state index in [0.29, 0.717) is 36.9 Å². The molecule has 138 valence electrons. The van der Waals surface area contributed by atoms with Crippen LogP contribution in [0.1, 0.15) is 22.2 Å². The molecule has 0 aliphatic carbocycles. The molecule has 1 aromatic heterocycles. The lowest BCUT2D eigenvalue weighted by Gasteiger charge is -2.26. The third-order valence-corrected chi connectivity index (χ3v) is 5.47. The molecular weight excluding hydrogens is 354 g/mol. The van der Waals surface area contributed by atoms with Crippen molar-refractivity contribution in [3.05, 3.63) is 34.7 Å². The van der Waals surface area contributed by atoms with E-state index in [1.54, 1.807) is 12.0 Å². The first-order valence-corrected chi connectivity index (χ1v) is 9.16. The Kier molecular flexibility index (Phi) is 5.58. The lowest BCUT2D eigenvalue weighted by Crippen LogP contribution is -2.40. The van der Waals surface area contributed by atoms with Gasteiger partial charge in [0.05, 0.1) is 20.3 Å². The first kappa shape index (κ1) is 18.4. The van der Waals surface area contributed by atoms with Gasteiger partial charge in [0.25, 0.3) is 5.91 Å². The molecule has 1 aromatic carbocycles. The van der Waals surface area contributed by atoms with Crippen LogP contribution in [0.5, 0.6) is 11.5 Å². The predicted octanol–water partition coefficient (Wildman–Crippen LogP) is 3.13. The molecule has 1 aliphatic heterocycles. The van der Waals surface area contributed by atoms with E-state index in [1.807, 2.05) is 31.2 Å². The number of thiophene rings is 1. The summed E-state index contributed by atoms with van der Waals surface area (Å²) in [6.45, 7) is 5.29. The fraction of sp³-hybridized carbons (Fsp3) is 0.368. The average molecular weight is 375 g/mol. The number of amides is 1. The fourth-order valence-corrected chi connectivity index (χ4v) is 4.05. The van der Waals surface area contributed by atoms with E-state index < -0.39 is 5.97 Å². The monoisotopic (exact) mass is 375 g/mol. The van der Waals surface area contributed by atoms with Gasteiger partial charge < -0.3 is 19.1 Å². The molecule has 2 heterocycles. The molecule has 0 atom stereocenters. The quantitative estimate of drug-likeness (QED) is 0.768. The Balaban J connectivity index is 2.05. The zero-order valence-electron chi connectivity index (χ0n) is 15.0. The fourth-order valence-electron chi connectivity index (χ4n) is 2.86. The van der Waals surface area contributed by atoms with E-state index >= 15 is 0 Å². The molecule has 1 amide bonds. The Morgan fingerprint density at radius 1 is 1.23 bits per heavy atom. The van der Waals surface area contributed by atoms with Gasteiger partial charge in [-0.3, -0.25) is 9.59 Å². The maximum atomic E-state index is 13.0. The standard InChI is InChI=1S/C19H21NO5S/c1-12-16(25-13(2)21)18(19(22)20-7-9-24-10-8-20)26-17(12)14-5-4-6-15(11-14)23-3/h4-6,11H,7-10H2,1-3H3. The van der Waals surface area contributed by atoms with Gasteiger partial charge in [0.2, 0.25) is 0 Å². The van der Waals surface area contributed by atoms with E-state index in [2.05, 4.69) is 0 Å². The van der Waals surface area contributed by atoms with E-state index in [-0.39, 0.29) is 5.91 Å². The van der Waals surface area contributed by atoms with Crippen LogP contribution >= 0.6 is 11.3 Å². The van der Waals surface area contributed by atoms with Crippen molar-refractivity contribution in [3.8, 4) is 21.9 Å². The molecule has 1 fully saturated rings. The summed E-state index contributed by atoms with van der Waals surface area (Å²) in [5.41, 5.74) is 1.69. The van der Waals surface area contributed by atoms with Crippen LogP contribution in [0.25, 0.3) is 10.4 Å². The number of morpholine rings is 1. The second-order valence-corrected chi connectivity index (χ2v) is 6.97. The molecule has 0 spiro atoms. The van der Waals surface area contributed by atoms with Crippen LogP contribution < -0.4 is 9.47 Å². The zero-order valence-corrected chi connectivity index (χ0v) is 15.9. The highest BCUT2D eigenvalue weighted by atomic mass is 32.1. The summed E-state index contributed by atoms with van der Waals surface area (Å²) in [5, 5.41) is 0. The Labute approximate surface area is 156 Å². The Bertz CT molecular complexity index is 823. The Morgan fingerprint density at radius 2 is 1.96 bits per heavy atom. The van der Waals surface area contributed by atoms with Crippen molar-refractivity contribution < 1.29 is 23.8 Å². The van der Waals surface area contributed by atoms with Crippen LogP contribution in [-0.2, 0) is 9.53 Å². The summed E-state index contributed by atoms with van der Waals surface area (Å²) in [7, 11) is 1.61. The lowest BCUT2D eigenvalue weighted by molar-refractivity contribution is -0.131. The van der Waals surface area contributed by atoms with Crippen molar-refractivity contribution >= 4 is 23.2 Å². The van der Waals surface area contributed by atoms with Crippen LogP contribution in [0, 0.1) is 6.92 Å². The largest absolute Gasteiger partial charge is 0.497 e. The van der Waals surface area contributed by atoms with Crippen molar-refractivity contribution in [1.29, 1.82) is 0 Å². The van der Waals surface area contributed by atoms with Crippen molar-refractivity contribution in [1.82, 2.24) is 4.90 Å². The minimum Gasteiger partial charge on any atom is -0.497 e. The van der Waals surface area contributed by atoms with Gasteiger partial charge in [0.15, 0.2) is 5.75 Å². The number of methoxy groups -OCH3 is 1. The first-order valence-electron chi connectivity index (χ1n) is 8.34. The Morgan fingerprint density at radius 3 is 2.62 bits per heavy atom. The van der Waals surface area contributed by atoms with Gasteiger partial charge in [-0.15, -0.1) is 11.3 Å². The summed E-state index contributed by atoms with van der Waals surface area (Å²) in [6, 6.07) is 7.60. The summed E-state index contributed by atoms with van der Waals surface area (Å²) >= 11 is 1.34. The lowest BCUT2D eigenvalue weighted by atomic mass is 10.1. The normalized spacial score (nSPS) is 14.2. The van der Waals surface area contributed by atoms with Gasteiger partial charge >= 0.3 is 5.97 Å². The molecule has 2 aromatic rings. The van der Waals surface area contributed by atoms with Gasteiger partial charge in [-0.1, -0.05) is 12.1 Å². The molecule has 1 saturated heterocycles. The summed E-state index contributed by atoms with van der Waals surface area (Å²) < 4.78 is 16.0. The minimum absolute atomic E-state index is 0.133. The highest BCUT2D eigenvalue weighted by molar-refractivity contribution is 7.18. The van der Waals surface area contributed by atoms with E-state index in [4.69, 9.17) is 14.2 Å². The SMILES string of the molecule is COc1cccc(-c2sc(C(=O)N3CCOCC3)c(OC(C)=O)c2C)c1. The molecule has 0 bridgehead atoms. The van der Waals surface area contributed by atoms with Crippen LogP contribution in [0.3, 0.4) is 0 Å². The molecule has 0 saturated carbocycles. The zero-order chi connectivity index (χ0) is 18.7. The van der Waals surface area contributed by atoms with Crippen LogP contribution in [-0.4, -0.2) is 50.2 Å². The maximum absolute atomic E-state index is 13.0. The second kappa shape index (κ2) is 7.88. The first-order chi connectivity index (χ1) is 12.5. The van der Waals surface area contributed by atoms with Gasteiger partial charge in [0, 0.05) is 30.5 Å². The number of nitrogens with zero attached hydrogens (tertiary/aromatic N) is 1. The number of rotatable bonds is 4. The minimum atomic E-state index is -0.445. The highest BCUT2D eigenvalue weighted by Crippen LogP contribution is 2.42. The van der Waals surface area contributed by atoms with E-state index in [0.717, 1.165) is 21.8 Å². The van der Waals surface area contributed by atoms with Crippen LogP contribution in [0.4, 0.5) is 0 Å². The molecular formula is C19H21NO5S. The molecule has 7 heteroatoms. The van der Waals surface area contributed by atoms with E-state index in [9.17, 15) is 9.59 Å². The van der Waals surface area contributed by atoms with Crippen LogP contribution in [0.2, 0.25) is 0 Å². The third kappa shape index (κ3) is 3.73. The molecule has 6 nitrogen and oxygen atoms in total. The number of ether oxygens (including phenoxy) is 3. The molecule has 26 heavy (non-hydrogen) atoms. The number of hydrogen-bond acceptors (Lipinski definition) is 6. The highest BCUT2D eigenvalue weighted by Gasteiger charge is 2.28. The van der Waals surface area contributed by atoms with Crippen molar-refractivity contribution in [2.75, 3.05) is 33.4 Å². The summed E-state index contributed by atoms with van der Waals surface area (Å²) in [6.07, 6.45) is 0. The van der Waals surface area contributed by atoms with Crippen molar-refractivity contribution in [2.45, 2.75) is 13.8 Å². The van der Waals surface area contributed by atoms with E-state index in [1.165, 1.54) is 18.3 Å². The number of carbonyl (C=O) groups is 2. The predicted molar refractivity (Wildman–Crippen MR) is 99.1 cm³/mol. The summed E-state index contributed by atoms with van der Waals surface area (Å²) in [5.74, 6) is 0.494. The van der Waals surface area contributed by atoms with Crippen LogP contribution in [0.15, 0.2) is 24.3 Å². The van der Waals surface area contributed by atoms with Crippen molar-refractivity contribution in [2.24, 2.45) is 0 Å². The smallest absolute Gasteiger partial charge is 0.308 e. The molecule has 0 unspecified atom stereocenters. The number of hydrogen-bond donors (Lipinski definition) is 0. The number of esters is 1. The molecule has 1 aliphatic rings. The second-order valence-electron chi connectivity index (χ2n) is 5.94. The molecule has 0 N–H and O–H groups in total. The van der Waals surface area contributed by atoms with Crippen molar-refractivity contribution in [3.63, 3.8) is 0 Å². The average Bonchev–Trinajstić information content (AvgIpc) is 2.98. The molecule has 3 rings (SSSR count). The van der Waals surface area contributed by atoms with Gasteiger partial charge in [-0.2, -0.15) is 0 Å². The van der Waals surface area contributed by atoms with Gasteiger partial charge in [-0.25, -0.2) is 0 Å². The molecule has 0 radical (unpaired) electrons. The maximum Gasteiger partial charge on any atom is 0.308 e. The third-order valence-electron chi connectivity index (χ3n) is 4.16. The van der Waals surface area contributed by atoms with Gasteiger partial charge in [-0.05, 0) is 24.6 Å². The Hall–Kier alpha value is -2.38. The van der Waals surface area contributed by atoms with Gasteiger partial charge in [0.1, 0.15) is 10.6 Å². The topological polar surface area (TPSA) is 65.1 Å². The summed E-state index contributed by atoms with van der Waals surface area (Å²) in [4.78, 5) is 27.6.